The number of hydrogen-bond acceptors (Lipinski definition) is 4. The molecule has 2 rings (SSSR count). The molecule has 1 unspecified atom stereocenters. The van der Waals surface area contributed by atoms with Crippen molar-refractivity contribution in [1.29, 1.82) is 0 Å². The van der Waals surface area contributed by atoms with Crippen molar-refractivity contribution >= 4 is 0 Å². The third-order valence-electron chi connectivity index (χ3n) is 1.44. The van der Waals surface area contributed by atoms with E-state index in [1.165, 1.54) is 0 Å². The van der Waals surface area contributed by atoms with E-state index in [-0.39, 0.29) is 6.23 Å². The highest BCUT2D eigenvalue weighted by Crippen LogP contribution is 2.14. The van der Waals surface area contributed by atoms with Gasteiger partial charge in [0.1, 0.15) is 12.0 Å². The van der Waals surface area contributed by atoms with Gasteiger partial charge in [-0.2, -0.15) is 0 Å². The van der Waals surface area contributed by atoms with Crippen LogP contribution >= 0.6 is 0 Å². The molecular formula is C6H8N2O2. The second kappa shape index (κ2) is 2.40. The van der Waals surface area contributed by atoms with Gasteiger partial charge in [-0.3, -0.25) is 5.32 Å². The molecule has 0 aliphatic carbocycles. The van der Waals surface area contributed by atoms with Crippen LogP contribution in [0.1, 0.15) is 11.9 Å². The minimum atomic E-state index is -0.0567. The predicted molar refractivity (Wildman–Crippen MR) is 33.2 cm³/mol. The number of aromatic nitrogens is 1. The summed E-state index contributed by atoms with van der Waals surface area (Å²) in [6.45, 7) is 1.63. The van der Waals surface area contributed by atoms with E-state index in [0.717, 1.165) is 18.8 Å². The minimum Gasteiger partial charge on any atom is -0.364 e. The molecule has 1 saturated heterocycles. The van der Waals surface area contributed by atoms with Gasteiger partial charge in [0, 0.05) is 12.6 Å². The van der Waals surface area contributed by atoms with E-state index in [4.69, 9.17) is 4.74 Å². The maximum absolute atomic E-state index is 5.26. The zero-order chi connectivity index (χ0) is 6.81. The first-order chi connectivity index (χ1) is 4.97. The SMILES string of the molecule is c1cc(C2NCCO2)no1. The molecular weight excluding hydrogens is 132 g/mol. The van der Waals surface area contributed by atoms with Gasteiger partial charge < -0.3 is 9.26 Å². The molecule has 0 saturated carbocycles. The second-order valence-electron chi connectivity index (χ2n) is 2.13. The lowest BCUT2D eigenvalue weighted by molar-refractivity contribution is 0.0955. The molecule has 0 radical (unpaired) electrons. The Kier molecular flexibility index (Phi) is 1.41. The monoisotopic (exact) mass is 140 g/mol. The number of nitrogens with zero attached hydrogens (tertiary/aromatic N) is 1. The standard InChI is InChI=1S/C6H8N2O2/c1-3-10-8-5(1)6-7-2-4-9-6/h1,3,6-7H,2,4H2. The Bertz CT molecular complexity index is 192. The molecule has 1 N–H and O–H groups in total. The van der Waals surface area contributed by atoms with Gasteiger partial charge in [0.05, 0.1) is 6.61 Å². The molecule has 10 heavy (non-hydrogen) atoms. The average molecular weight is 140 g/mol. The number of hydrogen-bond donors (Lipinski definition) is 1. The Morgan fingerprint density at radius 3 is 3.30 bits per heavy atom. The van der Waals surface area contributed by atoms with Crippen LogP contribution in [0.5, 0.6) is 0 Å². The van der Waals surface area contributed by atoms with Crippen LogP contribution in [-0.4, -0.2) is 18.3 Å². The van der Waals surface area contributed by atoms with Crippen molar-refractivity contribution in [1.82, 2.24) is 10.5 Å². The third-order valence-corrected chi connectivity index (χ3v) is 1.44. The van der Waals surface area contributed by atoms with Crippen molar-refractivity contribution in [2.24, 2.45) is 0 Å². The smallest absolute Gasteiger partial charge is 0.154 e. The third kappa shape index (κ3) is 0.913. The van der Waals surface area contributed by atoms with Crippen molar-refractivity contribution in [2.45, 2.75) is 6.23 Å². The molecule has 54 valence electrons. The highest BCUT2D eigenvalue weighted by atomic mass is 16.5. The molecule has 0 amide bonds. The molecule has 1 atom stereocenters. The zero-order valence-electron chi connectivity index (χ0n) is 5.41. The first kappa shape index (κ1) is 5.88. The van der Waals surface area contributed by atoms with E-state index in [1.807, 2.05) is 0 Å². The van der Waals surface area contributed by atoms with Crippen LogP contribution in [0.25, 0.3) is 0 Å². The Morgan fingerprint density at radius 2 is 2.70 bits per heavy atom. The summed E-state index contributed by atoms with van der Waals surface area (Å²) in [5, 5.41) is 6.85. The number of ether oxygens (including phenoxy) is 1. The number of nitrogens with one attached hydrogen (secondary N) is 1. The Hall–Kier alpha value is -0.870. The van der Waals surface area contributed by atoms with Gasteiger partial charge in [-0.05, 0) is 0 Å². The first-order valence-electron chi connectivity index (χ1n) is 3.22. The van der Waals surface area contributed by atoms with Gasteiger partial charge in [0.15, 0.2) is 6.23 Å². The fourth-order valence-corrected chi connectivity index (χ4v) is 0.973. The molecule has 1 fully saturated rings. The topological polar surface area (TPSA) is 47.3 Å². The fraction of sp³-hybridized carbons (Fsp3) is 0.500. The van der Waals surface area contributed by atoms with Crippen molar-refractivity contribution in [3.63, 3.8) is 0 Å². The van der Waals surface area contributed by atoms with Crippen LogP contribution < -0.4 is 5.32 Å². The molecule has 1 aromatic rings. The second-order valence-corrected chi connectivity index (χ2v) is 2.13. The van der Waals surface area contributed by atoms with Crippen molar-refractivity contribution in [3.05, 3.63) is 18.0 Å². The van der Waals surface area contributed by atoms with E-state index < -0.39 is 0 Å². The Balaban J connectivity index is 2.12. The van der Waals surface area contributed by atoms with E-state index >= 15 is 0 Å². The molecule has 0 spiro atoms. The largest absolute Gasteiger partial charge is 0.364 e. The van der Waals surface area contributed by atoms with Gasteiger partial charge in [0.25, 0.3) is 0 Å². The van der Waals surface area contributed by atoms with E-state index in [0.29, 0.717) is 0 Å². The van der Waals surface area contributed by atoms with Crippen LogP contribution in [-0.2, 0) is 4.74 Å². The van der Waals surface area contributed by atoms with E-state index in [9.17, 15) is 0 Å². The summed E-state index contributed by atoms with van der Waals surface area (Å²) in [6.07, 6.45) is 1.48. The summed E-state index contributed by atoms with van der Waals surface area (Å²) in [4.78, 5) is 0. The maximum Gasteiger partial charge on any atom is 0.154 e. The number of rotatable bonds is 1. The van der Waals surface area contributed by atoms with Gasteiger partial charge in [0.2, 0.25) is 0 Å². The Morgan fingerprint density at radius 1 is 1.70 bits per heavy atom. The molecule has 4 heteroatoms. The molecule has 1 aliphatic rings. The lowest BCUT2D eigenvalue weighted by Gasteiger charge is -2.02. The van der Waals surface area contributed by atoms with Gasteiger partial charge in [-0.15, -0.1) is 0 Å². The van der Waals surface area contributed by atoms with Crippen LogP contribution in [0, 0.1) is 0 Å². The highest BCUT2D eigenvalue weighted by molar-refractivity contribution is 5.00. The van der Waals surface area contributed by atoms with E-state index in [2.05, 4.69) is 15.0 Å². The molecule has 1 aliphatic heterocycles. The van der Waals surface area contributed by atoms with E-state index in [1.54, 1.807) is 12.3 Å². The molecule has 0 bridgehead atoms. The molecule has 2 heterocycles. The lowest BCUT2D eigenvalue weighted by Crippen LogP contribution is -2.13. The summed E-state index contributed by atoms with van der Waals surface area (Å²) >= 11 is 0. The molecule has 4 nitrogen and oxygen atoms in total. The Labute approximate surface area is 58.1 Å². The molecule has 1 aromatic heterocycles. The summed E-state index contributed by atoms with van der Waals surface area (Å²) in [7, 11) is 0. The summed E-state index contributed by atoms with van der Waals surface area (Å²) in [6, 6.07) is 1.79. The molecule has 0 aromatic carbocycles. The zero-order valence-corrected chi connectivity index (χ0v) is 5.41. The van der Waals surface area contributed by atoms with Crippen molar-refractivity contribution in [2.75, 3.05) is 13.2 Å². The quantitative estimate of drug-likeness (QED) is 0.609. The van der Waals surface area contributed by atoms with Crippen LogP contribution in [0.15, 0.2) is 16.9 Å². The van der Waals surface area contributed by atoms with Crippen LogP contribution in [0.2, 0.25) is 0 Å². The summed E-state index contributed by atoms with van der Waals surface area (Å²) in [5.74, 6) is 0. The lowest BCUT2D eigenvalue weighted by atomic mass is 10.4. The fourth-order valence-electron chi connectivity index (χ4n) is 0.973. The normalized spacial score (nSPS) is 25.4. The minimum absolute atomic E-state index is 0.0567. The van der Waals surface area contributed by atoms with Crippen molar-refractivity contribution in [3.8, 4) is 0 Å². The van der Waals surface area contributed by atoms with Gasteiger partial charge in [-0.25, -0.2) is 0 Å². The average Bonchev–Trinajstić information content (AvgIpc) is 2.59. The highest BCUT2D eigenvalue weighted by Gasteiger charge is 2.18. The maximum atomic E-state index is 5.26. The predicted octanol–water partition coefficient (Wildman–Crippen LogP) is 0.293. The van der Waals surface area contributed by atoms with Gasteiger partial charge >= 0.3 is 0 Å². The summed E-state index contributed by atoms with van der Waals surface area (Å²) < 4.78 is 9.92. The summed E-state index contributed by atoms with van der Waals surface area (Å²) in [5.41, 5.74) is 0.817. The van der Waals surface area contributed by atoms with Crippen molar-refractivity contribution < 1.29 is 9.26 Å². The van der Waals surface area contributed by atoms with Gasteiger partial charge in [-0.1, -0.05) is 5.16 Å². The van der Waals surface area contributed by atoms with Crippen LogP contribution in [0.3, 0.4) is 0 Å². The first-order valence-corrected chi connectivity index (χ1v) is 3.22. The van der Waals surface area contributed by atoms with Crippen LogP contribution in [0.4, 0.5) is 0 Å².